The van der Waals surface area contributed by atoms with Gasteiger partial charge in [-0.1, -0.05) is 30.3 Å². The number of aromatic nitrogens is 5. The van der Waals surface area contributed by atoms with Gasteiger partial charge in [-0.05, 0) is 39.4 Å². The van der Waals surface area contributed by atoms with Gasteiger partial charge in [-0.25, -0.2) is 4.79 Å². The van der Waals surface area contributed by atoms with Crippen LogP contribution in [-0.2, 0) is 26.6 Å². The molecular weight excluding hydrogens is 380 g/mol. The number of likely N-dealkylation sites (N-methyl/N-ethyl adjacent to an activating group) is 1. The lowest BCUT2D eigenvalue weighted by molar-refractivity contribution is 0.384. The van der Waals surface area contributed by atoms with Gasteiger partial charge >= 0.3 is 5.69 Å². The van der Waals surface area contributed by atoms with Gasteiger partial charge in [0.05, 0.1) is 0 Å². The Kier molecular flexibility index (Phi) is 5.34. The summed E-state index contributed by atoms with van der Waals surface area (Å²) < 4.78 is 6.74. The highest BCUT2D eigenvalue weighted by Gasteiger charge is 2.20. The van der Waals surface area contributed by atoms with Crippen molar-refractivity contribution < 1.29 is 0 Å². The van der Waals surface area contributed by atoms with Crippen LogP contribution in [0, 0.1) is 6.92 Å². The average Bonchev–Trinajstić information content (AvgIpc) is 3.23. The molecule has 1 aromatic carbocycles. The number of hydrogen-bond acceptors (Lipinski definition) is 4. The van der Waals surface area contributed by atoms with Crippen LogP contribution in [0.25, 0.3) is 16.9 Å². The molecule has 4 rings (SSSR count). The maximum absolute atomic E-state index is 13.3. The Bertz CT molecular complexity index is 1310. The predicted molar refractivity (Wildman–Crippen MR) is 118 cm³/mol. The molecular formula is C22H28N6O2. The van der Waals surface area contributed by atoms with Crippen LogP contribution in [0.1, 0.15) is 17.7 Å². The quantitative estimate of drug-likeness (QED) is 0.466. The molecule has 3 aromatic heterocycles. The Morgan fingerprint density at radius 3 is 2.47 bits per heavy atom. The van der Waals surface area contributed by atoms with Crippen LogP contribution in [0.5, 0.6) is 0 Å². The van der Waals surface area contributed by atoms with Crippen LogP contribution in [0.4, 0.5) is 0 Å². The number of imidazole rings is 2. The van der Waals surface area contributed by atoms with Crippen molar-refractivity contribution >= 4 is 16.9 Å². The number of benzene rings is 1. The molecule has 0 amide bonds. The minimum Gasteiger partial charge on any atom is -0.313 e. The first-order valence-electron chi connectivity index (χ1n) is 10.2. The summed E-state index contributed by atoms with van der Waals surface area (Å²) in [6.45, 7) is 4.01. The Morgan fingerprint density at radius 1 is 1.03 bits per heavy atom. The zero-order valence-corrected chi connectivity index (χ0v) is 18.0. The Labute approximate surface area is 174 Å². The van der Waals surface area contributed by atoms with Gasteiger partial charge in [0.25, 0.3) is 5.56 Å². The second kappa shape index (κ2) is 7.95. The highest BCUT2D eigenvalue weighted by atomic mass is 16.2. The van der Waals surface area contributed by atoms with Gasteiger partial charge in [-0.2, -0.15) is 4.98 Å². The third-order valence-electron chi connectivity index (χ3n) is 5.60. The highest BCUT2D eigenvalue weighted by molar-refractivity contribution is 5.75. The molecule has 0 aliphatic heterocycles. The minimum absolute atomic E-state index is 0.279. The number of aryl methyl sites for hydroxylation is 3. The van der Waals surface area contributed by atoms with E-state index in [0.29, 0.717) is 23.5 Å². The summed E-state index contributed by atoms with van der Waals surface area (Å²) in [6.07, 6.45) is 3.46. The summed E-state index contributed by atoms with van der Waals surface area (Å²) in [6, 6.07) is 10.1. The summed E-state index contributed by atoms with van der Waals surface area (Å²) in [5.74, 6) is 0.693. The molecule has 8 heteroatoms. The normalized spacial score (nSPS) is 11.9. The SMILES string of the molecule is Cc1cn2c3c(=O)n(CCCc4ccccc4)c(=O)n(C)c3nc2n1CCN(C)C. The van der Waals surface area contributed by atoms with Crippen LogP contribution < -0.4 is 11.2 Å². The van der Waals surface area contributed by atoms with Crippen LogP contribution in [0.2, 0.25) is 0 Å². The second-order valence-electron chi connectivity index (χ2n) is 8.07. The predicted octanol–water partition coefficient (Wildman–Crippen LogP) is 1.65. The van der Waals surface area contributed by atoms with E-state index in [4.69, 9.17) is 0 Å². The Balaban J connectivity index is 1.75. The number of fused-ring (bicyclic) bond motifs is 3. The van der Waals surface area contributed by atoms with Crippen molar-refractivity contribution in [2.24, 2.45) is 7.05 Å². The zero-order valence-electron chi connectivity index (χ0n) is 18.0. The van der Waals surface area contributed by atoms with E-state index >= 15 is 0 Å². The van der Waals surface area contributed by atoms with Gasteiger partial charge in [-0.3, -0.25) is 18.3 Å². The van der Waals surface area contributed by atoms with Crippen molar-refractivity contribution in [3.8, 4) is 0 Å². The molecule has 0 unspecified atom stereocenters. The molecule has 4 aromatic rings. The van der Waals surface area contributed by atoms with E-state index in [1.165, 1.54) is 14.7 Å². The van der Waals surface area contributed by atoms with Gasteiger partial charge in [0.15, 0.2) is 11.2 Å². The Morgan fingerprint density at radius 2 is 1.77 bits per heavy atom. The van der Waals surface area contributed by atoms with Crippen LogP contribution in [0.3, 0.4) is 0 Å². The third kappa shape index (κ3) is 3.47. The summed E-state index contributed by atoms with van der Waals surface area (Å²) in [4.78, 5) is 32.9. The molecule has 30 heavy (non-hydrogen) atoms. The van der Waals surface area contributed by atoms with Gasteiger partial charge in [-0.15, -0.1) is 0 Å². The zero-order chi connectivity index (χ0) is 21.4. The molecule has 8 nitrogen and oxygen atoms in total. The van der Waals surface area contributed by atoms with Crippen molar-refractivity contribution in [3.63, 3.8) is 0 Å². The minimum atomic E-state index is -0.321. The molecule has 0 bridgehead atoms. The van der Waals surface area contributed by atoms with Crippen molar-refractivity contribution in [1.82, 2.24) is 28.0 Å². The molecule has 0 N–H and O–H groups in total. The van der Waals surface area contributed by atoms with Crippen molar-refractivity contribution in [3.05, 3.63) is 68.6 Å². The molecule has 0 fully saturated rings. The largest absolute Gasteiger partial charge is 0.332 e. The van der Waals surface area contributed by atoms with Crippen molar-refractivity contribution in [1.29, 1.82) is 0 Å². The van der Waals surface area contributed by atoms with Gasteiger partial charge in [0, 0.05) is 38.6 Å². The molecule has 0 saturated heterocycles. The third-order valence-corrected chi connectivity index (χ3v) is 5.60. The van der Waals surface area contributed by atoms with E-state index in [-0.39, 0.29) is 11.2 Å². The van der Waals surface area contributed by atoms with Gasteiger partial charge < -0.3 is 9.47 Å². The summed E-state index contributed by atoms with van der Waals surface area (Å²) in [5, 5.41) is 0. The monoisotopic (exact) mass is 408 g/mol. The molecule has 0 aliphatic carbocycles. The van der Waals surface area contributed by atoms with E-state index < -0.39 is 0 Å². The lowest BCUT2D eigenvalue weighted by atomic mass is 10.1. The van der Waals surface area contributed by atoms with Gasteiger partial charge in [0.1, 0.15) is 0 Å². The van der Waals surface area contributed by atoms with Crippen LogP contribution >= 0.6 is 0 Å². The molecule has 0 radical (unpaired) electrons. The fraction of sp³-hybridized carbons (Fsp3) is 0.409. The van der Waals surface area contributed by atoms with Gasteiger partial charge in [0.2, 0.25) is 5.78 Å². The lowest BCUT2D eigenvalue weighted by Gasteiger charge is -2.11. The first-order valence-corrected chi connectivity index (χ1v) is 10.2. The lowest BCUT2D eigenvalue weighted by Crippen LogP contribution is -2.39. The van der Waals surface area contributed by atoms with E-state index in [1.54, 1.807) is 7.05 Å². The number of rotatable bonds is 7. The smallest absolute Gasteiger partial charge is 0.313 e. The molecule has 0 atom stereocenters. The maximum atomic E-state index is 13.3. The highest BCUT2D eigenvalue weighted by Crippen LogP contribution is 2.16. The Hall–Kier alpha value is -3.13. The molecule has 0 spiro atoms. The first kappa shape index (κ1) is 20.2. The van der Waals surface area contributed by atoms with Crippen molar-refractivity contribution in [2.75, 3.05) is 20.6 Å². The number of hydrogen-bond donors (Lipinski definition) is 0. The molecule has 0 aliphatic rings. The summed E-state index contributed by atoms with van der Waals surface area (Å²) in [5.41, 5.74) is 2.52. The summed E-state index contributed by atoms with van der Waals surface area (Å²) >= 11 is 0. The maximum Gasteiger partial charge on any atom is 0.332 e. The fourth-order valence-corrected chi connectivity index (χ4v) is 3.91. The fourth-order valence-electron chi connectivity index (χ4n) is 3.91. The van der Waals surface area contributed by atoms with Crippen LogP contribution in [0.15, 0.2) is 46.1 Å². The molecule has 3 heterocycles. The van der Waals surface area contributed by atoms with E-state index in [2.05, 4.69) is 26.6 Å². The molecule has 0 saturated carbocycles. The van der Waals surface area contributed by atoms with E-state index in [9.17, 15) is 9.59 Å². The second-order valence-corrected chi connectivity index (χ2v) is 8.07. The summed E-state index contributed by atoms with van der Waals surface area (Å²) in [7, 11) is 5.73. The van der Waals surface area contributed by atoms with Crippen molar-refractivity contribution in [2.45, 2.75) is 32.9 Å². The average molecular weight is 409 g/mol. The topological polar surface area (TPSA) is 69.5 Å². The van der Waals surface area contributed by atoms with Crippen LogP contribution in [-0.4, -0.2) is 48.6 Å². The van der Waals surface area contributed by atoms with E-state index in [0.717, 1.165) is 31.6 Å². The first-order chi connectivity index (χ1) is 14.4. The van der Waals surface area contributed by atoms with E-state index in [1.807, 2.05) is 49.8 Å². The molecule has 158 valence electrons. The standard InChI is InChI=1S/C22H28N6O2/c1-16-15-28-18-19(23-21(28)26(16)14-13-24(2)3)25(4)22(30)27(20(18)29)12-8-11-17-9-6-5-7-10-17/h5-7,9-10,15H,8,11-14H2,1-4H3. The number of nitrogens with zero attached hydrogens (tertiary/aromatic N) is 6.